The molecule has 0 fully saturated rings. The van der Waals surface area contributed by atoms with Crippen LogP contribution in [0.2, 0.25) is 0 Å². The van der Waals surface area contributed by atoms with Gasteiger partial charge in [-0.05, 0) is 49.2 Å². The van der Waals surface area contributed by atoms with Crippen LogP contribution in [0.4, 0.5) is 17.6 Å². The van der Waals surface area contributed by atoms with Crippen LogP contribution in [0.1, 0.15) is 59.3 Å². The van der Waals surface area contributed by atoms with Crippen LogP contribution in [0, 0.1) is 12.7 Å². The zero-order chi connectivity index (χ0) is 23.8. The summed E-state index contributed by atoms with van der Waals surface area (Å²) < 4.78 is 53.9. The predicted molar refractivity (Wildman–Crippen MR) is 111 cm³/mol. The van der Waals surface area contributed by atoms with Crippen molar-refractivity contribution in [3.63, 3.8) is 0 Å². The first kappa shape index (κ1) is 23.3. The molecule has 0 aliphatic rings. The summed E-state index contributed by atoms with van der Waals surface area (Å²) in [6.45, 7) is 3.48. The number of hydrogen-bond acceptors (Lipinski definition) is 3. The highest BCUT2D eigenvalue weighted by molar-refractivity contribution is 6.05. The van der Waals surface area contributed by atoms with Crippen LogP contribution in [0.25, 0.3) is 10.9 Å². The average Bonchev–Trinajstić information content (AvgIpc) is 2.98. The summed E-state index contributed by atoms with van der Waals surface area (Å²) in [5.41, 5.74) is 5.42. The highest BCUT2D eigenvalue weighted by Crippen LogP contribution is 2.38. The van der Waals surface area contributed by atoms with Gasteiger partial charge in [0.2, 0.25) is 5.91 Å². The van der Waals surface area contributed by atoms with E-state index in [1.807, 2.05) is 6.92 Å². The summed E-state index contributed by atoms with van der Waals surface area (Å²) in [7, 11) is 0. The lowest BCUT2D eigenvalue weighted by Gasteiger charge is -2.15. The SMILES string of the molecule is CCCCC(C(N)=O)c1c(C)n(C(=O)c2ccc(C(F)(F)F)cc2)c2cc(F)c(O)cc12. The number of primary amides is 1. The molecule has 0 aliphatic heterocycles. The Morgan fingerprint density at radius 2 is 1.78 bits per heavy atom. The van der Waals surface area contributed by atoms with Gasteiger partial charge in [-0.3, -0.25) is 14.2 Å². The van der Waals surface area contributed by atoms with E-state index in [4.69, 9.17) is 5.73 Å². The van der Waals surface area contributed by atoms with E-state index in [1.54, 1.807) is 6.92 Å². The standard InChI is InChI=1S/C23H22F4N2O3/c1-3-4-5-15(21(28)31)20-12(2)29(18-11-17(24)19(30)10-16(18)20)22(32)13-6-8-14(9-7-13)23(25,26)27/h6-11,15,30H,3-5H2,1-2H3,(H2,28,31). The normalized spacial score (nSPS) is 12.8. The fraction of sp³-hybridized carbons (Fsp3) is 0.304. The molecule has 170 valence electrons. The molecular formula is C23H22F4N2O3. The molecule has 2 aromatic carbocycles. The average molecular weight is 450 g/mol. The summed E-state index contributed by atoms with van der Waals surface area (Å²) in [5, 5.41) is 10.2. The molecule has 1 heterocycles. The molecule has 3 aromatic rings. The van der Waals surface area contributed by atoms with Gasteiger partial charge in [-0.15, -0.1) is 0 Å². The number of carbonyl (C=O) groups is 2. The second-order valence-corrected chi connectivity index (χ2v) is 7.63. The smallest absolute Gasteiger partial charge is 0.416 e. The molecule has 0 radical (unpaired) electrons. The molecule has 1 atom stereocenters. The Bertz CT molecular complexity index is 1180. The lowest BCUT2D eigenvalue weighted by atomic mass is 9.90. The van der Waals surface area contributed by atoms with Crippen molar-refractivity contribution in [1.82, 2.24) is 4.57 Å². The maximum Gasteiger partial charge on any atom is 0.416 e. The summed E-state index contributed by atoms with van der Waals surface area (Å²) in [5.74, 6) is -3.75. The molecule has 1 aromatic heterocycles. The number of rotatable bonds is 6. The number of phenolic OH excluding ortho intramolecular Hbond substituents is 1. The third-order valence-electron chi connectivity index (χ3n) is 5.52. The Morgan fingerprint density at radius 1 is 1.16 bits per heavy atom. The largest absolute Gasteiger partial charge is 0.505 e. The van der Waals surface area contributed by atoms with Crippen LogP contribution in [0.5, 0.6) is 5.75 Å². The number of aromatic nitrogens is 1. The molecule has 0 saturated carbocycles. The van der Waals surface area contributed by atoms with E-state index in [9.17, 15) is 32.3 Å². The number of alkyl halides is 3. The lowest BCUT2D eigenvalue weighted by Crippen LogP contribution is -2.22. The number of phenols is 1. The van der Waals surface area contributed by atoms with Crippen molar-refractivity contribution < 1.29 is 32.3 Å². The van der Waals surface area contributed by atoms with Crippen LogP contribution < -0.4 is 5.73 Å². The molecular weight excluding hydrogens is 428 g/mol. The minimum absolute atomic E-state index is 0.0535. The van der Waals surface area contributed by atoms with Gasteiger partial charge >= 0.3 is 6.18 Å². The Balaban J connectivity index is 2.23. The van der Waals surface area contributed by atoms with Crippen molar-refractivity contribution in [1.29, 1.82) is 0 Å². The van der Waals surface area contributed by atoms with E-state index >= 15 is 0 Å². The second kappa shape index (κ2) is 8.64. The Labute approximate surface area is 181 Å². The van der Waals surface area contributed by atoms with Gasteiger partial charge in [-0.2, -0.15) is 13.2 Å². The number of unbranched alkanes of at least 4 members (excludes halogenated alkanes) is 1. The fourth-order valence-electron chi connectivity index (χ4n) is 3.92. The van der Waals surface area contributed by atoms with Crippen LogP contribution in [-0.2, 0) is 11.0 Å². The number of carbonyl (C=O) groups excluding carboxylic acids is 2. The minimum atomic E-state index is -4.56. The number of nitrogens with two attached hydrogens (primary N) is 1. The summed E-state index contributed by atoms with van der Waals surface area (Å²) in [6.07, 6.45) is -2.72. The van der Waals surface area contributed by atoms with Gasteiger partial charge in [-0.1, -0.05) is 19.8 Å². The van der Waals surface area contributed by atoms with Gasteiger partial charge in [0, 0.05) is 22.7 Å². The van der Waals surface area contributed by atoms with Gasteiger partial charge in [0.1, 0.15) is 0 Å². The number of nitrogens with zero attached hydrogens (tertiary/aromatic N) is 1. The maximum atomic E-state index is 14.2. The molecule has 0 spiro atoms. The van der Waals surface area contributed by atoms with Crippen LogP contribution in [0.3, 0.4) is 0 Å². The van der Waals surface area contributed by atoms with Crippen LogP contribution in [-0.4, -0.2) is 21.5 Å². The zero-order valence-corrected chi connectivity index (χ0v) is 17.5. The van der Waals surface area contributed by atoms with Gasteiger partial charge < -0.3 is 10.8 Å². The number of amides is 1. The quantitative estimate of drug-likeness (QED) is 0.503. The molecule has 0 aliphatic carbocycles. The monoisotopic (exact) mass is 450 g/mol. The maximum absolute atomic E-state index is 14.2. The molecule has 1 amide bonds. The molecule has 32 heavy (non-hydrogen) atoms. The van der Waals surface area contributed by atoms with Gasteiger partial charge in [-0.25, -0.2) is 4.39 Å². The minimum Gasteiger partial charge on any atom is -0.505 e. The number of halogens is 4. The summed E-state index contributed by atoms with van der Waals surface area (Å²) in [4.78, 5) is 25.5. The Hall–Kier alpha value is -3.36. The van der Waals surface area contributed by atoms with Crippen molar-refractivity contribution >= 4 is 22.7 Å². The molecule has 9 heteroatoms. The number of benzene rings is 2. The van der Waals surface area contributed by atoms with Crippen molar-refractivity contribution in [3.05, 3.63) is 64.6 Å². The van der Waals surface area contributed by atoms with Crippen molar-refractivity contribution in [2.45, 2.75) is 45.2 Å². The summed E-state index contributed by atoms with van der Waals surface area (Å²) in [6, 6.07) is 5.74. The molecule has 3 N–H and O–H groups in total. The van der Waals surface area contributed by atoms with E-state index in [0.29, 0.717) is 24.1 Å². The van der Waals surface area contributed by atoms with Crippen molar-refractivity contribution in [2.75, 3.05) is 0 Å². The highest BCUT2D eigenvalue weighted by atomic mass is 19.4. The zero-order valence-electron chi connectivity index (χ0n) is 17.5. The van der Waals surface area contributed by atoms with E-state index in [-0.39, 0.29) is 16.5 Å². The number of aromatic hydroxyl groups is 1. The second-order valence-electron chi connectivity index (χ2n) is 7.63. The third-order valence-corrected chi connectivity index (χ3v) is 5.52. The van der Waals surface area contributed by atoms with Crippen molar-refractivity contribution in [3.8, 4) is 5.75 Å². The summed E-state index contributed by atoms with van der Waals surface area (Å²) >= 11 is 0. The van der Waals surface area contributed by atoms with Gasteiger partial charge in [0.15, 0.2) is 11.6 Å². The fourth-order valence-corrected chi connectivity index (χ4v) is 3.92. The Morgan fingerprint density at radius 3 is 2.31 bits per heavy atom. The van der Waals surface area contributed by atoms with Gasteiger partial charge in [0.25, 0.3) is 5.91 Å². The predicted octanol–water partition coefficient (Wildman–Crippen LogP) is 5.26. The molecule has 0 bridgehead atoms. The van der Waals surface area contributed by atoms with Crippen LogP contribution in [0.15, 0.2) is 36.4 Å². The van der Waals surface area contributed by atoms with Crippen molar-refractivity contribution in [2.24, 2.45) is 5.73 Å². The molecule has 5 nitrogen and oxygen atoms in total. The topological polar surface area (TPSA) is 85.3 Å². The molecule has 1 unspecified atom stereocenters. The molecule has 3 rings (SSSR count). The first-order valence-electron chi connectivity index (χ1n) is 10.0. The molecule has 0 saturated heterocycles. The Kier molecular flexibility index (Phi) is 6.29. The first-order chi connectivity index (χ1) is 15.0. The number of hydrogen-bond donors (Lipinski definition) is 2. The first-order valence-corrected chi connectivity index (χ1v) is 10.0. The van der Waals surface area contributed by atoms with Gasteiger partial charge in [0.05, 0.1) is 17.0 Å². The van der Waals surface area contributed by atoms with E-state index in [1.165, 1.54) is 0 Å². The van der Waals surface area contributed by atoms with E-state index in [2.05, 4.69) is 0 Å². The van der Waals surface area contributed by atoms with E-state index in [0.717, 1.165) is 47.4 Å². The highest BCUT2D eigenvalue weighted by Gasteiger charge is 2.31. The van der Waals surface area contributed by atoms with Crippen LogP contribution >= 0.6 is 0 Å². The lowest BCUT2D eigenvalue weighted by molar-refractivity contribution is -0.137. The third kappa shape index (κ3) is 4.19. The number of fused-ring (bicyclic) bond motifs is 1. The van der Waals surface area contributed by atoms with E-state index < -0.39 is 41.0 Å².